The van der Waals surface area contributed by atoms with Crippen molar-refractivity contribution in [3.05, 3.63) is 47.5 Å². The number of nitriles is 1. The lowest BCUT2D eigenvalue weighted by Gasteiger charge is -2.18. The van der Waals surface area contributed by atoms with Crippen LogP contribution >= 0.6 is 0 Å². The van der Waals surface area contributed by atoms with Crippen LogP contribution in [0.5, 0.6) is 0 Å². The molecular weight excluding hydrogens is 325 g/mol. The summed E-state index contributed by atoms with van der Waals surface area (Å²) in [7, 11) is -0.395. The van der Waals surface area contributed by atoms with Gasteiger partial charge in [0.25, 0.3) is 0 Å². The molecule has 2 rings (SSSR count). The second-order valence-electron chi connectivity index (χ2n) is 6.29. The maximum absolute atomic E-state index is 14.4. The van der Waals surface area contributed by atoms with Gasteiger partial charge in [0.15, 0.2) is 5.69 Å². The highest BCUT2D eigenvalue weighted by Crippen LogP contribution is 2.23. The number of nitrogens with one attached hydrogen (secondary N) is 1. The summed E-state index contributed by atoms with van der Waals surface area (Å²) < 4.78 is 19.1. The lowest BCUT2D eigenvalue weighted by Crippen LogP contribution is -2.37. The molecule has 1 heterocycles. The molecule has 7 heteroatoms. The highest BCUT2D eigenvalue weighted by Gasteiger charge is 2.19. The van der Waals surface area contributed by atoms with Crippen molar-refractivity contribution in [1.29, 1.82) is 5.26 Å². The van der Waals surface area contributed by atoms with Crippen LogP contribution in [0.15, 0.2) is 30.5 Å². The van der Waals surface area contributed by atoms with Crippen LogP contribution in [0.4, 0.5) is 15.8 Å². The fourth-order valence-electron chi connectivity index (χ4n) is 2.11. The number of benzene rings is 1. The summed E-state index contributed by atoms with van der Waals surface area (Å²) in [5.74, 6) is -1.09. The van der Waals surface area contributed by atoms with E-state index in [1.54, 1.807) is 6.07 Å². The summed E-state index contributed by atoms with van der Waals surface area (Å²) in [4.78, 5) is 15.7. The lowest BCUT2D eigenvalue weighted by molar-refractivity contribution is 0.0595. The van der Waals surface area contributed by atoms with E-state index < -0.39 is 19.9 Å². The van der Waals surface area contributed by atoms with E-state index in [0.29, 0.717) is 0 Å². The number of hydrogen-bond donors (Lipinski definition) is 1. The number of anilines is 2. The van der Waals surface area contributed by atoms with E-state index in [2.05, 4.69) is 34.7 Å². The van der Waals surface area contributed by atoms with E-state index in [9.17, 15) is 9.18 Å². The molecule has 0 aliphatic heterocycles. The van der Waals surface area contributed by atoms with Gasteiger partial charge < -0.3 is 10.1 Å². The van der Waals surface area contributed by atoms with Crippen LogP contribution in [0.2, 0.25) is 19.6 Å². The first-order chi connectivity index (χ1) is 11.3. The smallest absolute Gasteiger partial charge is 0.358 e. The maximum atomic E-state index is 14.4. The van der Waals surface area contributed by atoms with Gasteiger partial charge in [0.05, 0.1) is 32.1 Å². The number of ether oxygens (including phenoxy) is 1. The van der Waals surface area contributed by atoms with Crippen LogP contribution in [0.1, 0.15) is 16.1 Å². The van der Waals surface area contributed by atoms with E-state index in [0.717, 1.165) is 5.19 Å². The highest BCUT2D eigenvalue weighted by atomic mass is 28.3. The number of pyridine rings is 1. The van der Waals surface area contributed by atoms with Crippen molar-refractivity contribution >= 4 is 30.6 Å². The molecule has 124 valence electrons. The molecule has 1 aromatic carbocycles. The van der Waals surface area contributed by atoms with Crippen molar-refractivity contribution in [2.45, 2.75) is 19.6 Å². The first-order valence-electron chi connectivity index (χ1n) is 7.31. The summed E-state index contributed by atoms with van der Waals surface area (Å²) >= 11 is 0. The minimum absolute atomic E-state index is 0.00910. The Bertz CT molecular complexity index is 826. The number of carbonyl (C=O) groups excluding carboxylic acids is 1. The second-order valence-corrected chi connectivity index (χ2v) is 11.4. The van der Waals surface area contributed by atoms with Gasteiger partial charge in [-0.3, -0.25) is 0 Å². The van der Waals surface area contributed by atoms with Crippen LogP contribution in [0.3, 0.4) is 0 Å². The number of carbonyl (C=O) groups is 1. The van der Waals surface area contributed by atoms with Gasteiger partial charge in [0.1, 0.15) is 11.9 Å². The second kappa shape index (κ2) is 6.80. The molecule has 0 saturated heterocycles. The molecule has 24 heavy (non-hydrogen) atoms. The molecule has 0 spiro atoms. The predicted octanol–water partition coefficient (Wildman–Crippen LogP) is 3.17. The summed E-state index contributed by atoms with van der Waals surface area (Å²) in [5.41, 5.74) is 0.675. The molecule has 0 atom stereocenters. The Balaban J connectivity index is 2.44. The van der Waals surface area contributed by atoms with E-state index in [4.69, 9.17) is 5.26 Å². The van der Waals surface area contributed by atoms with E-state index in [-0.39, 0.29) is 22.6 Å². The monoisotopic (exact) mass is 343 g/mol. The number of rotatable bonds is 4. The predicted molar refractivity (Wildman–Crippen MR) is 93.0 cm³/mol. The highest BCUT2D eigenvalue weighted by molar-refractivity contribution is 6.88. The van der Waals surface area contributed by atoms with Gasteiger partial charge in [0, 0.05) is 6.20 Å². The van der Waals surface area contributed by atoms with E-state index >= 15 is 0 Å². The molecule has 2 aromatic rings. The number of hydrogen-bond acceptors (Lipinski definition) is 5. The minimum Gasteiger partial charge on any atom is -0.464 e. The molecule has 0 unspecified atom stereocenters. The number of aromatic nitrogens is 1. The van der Waals surface area contributed by atoms with Gasteiger partial charge in [-0.1, -0.05) is 30.9 Å². The van der Waals surface area contributed by atoms with E-state index in [1.165, 1.54) is 25.4 Å². The van der Waals surface area contributed by atoms with Crippen molar-refractivity contribution in [3.63, 3.8) is 0 Å². The number of esters is 1. The molecular formula is C17H18FN3O2Si. The van der Waals surface area contributed by atoms with Gasteiger partial charge in [-0.15, -0.1) is 0 Å². The Morgan fingerprint density at radius 1 is 1.29 bits per heavy atom. The first kappa shape index (κ1) is 17.6. The summed E-state index contributed by atoms with van der Waals surface area (Å²) in [5, 5.41) is 12.8. The topological polar surface area (TPSA) is 75.0 Å². The fraction of sp³-hybridized carbons (Fsp3) is 0.235. The van der Waals surface area contributed by atoms with Crippen LogP contribution in [0.25, 0.3) is 0 Å². The normalized spacial score (nSPS) is 10.8. The fourth-order valence-corrected chi connectivity index (χ4v) is 3.25. The van der Waals surface area contributed by atoms with Gasteiger partial charge in [0.2, 0.25) is 0 Å². The SMILES string of the molecule is COC(=O)c1ncc(C#N)cc1Nc1ccc([Si](C)(C)C)cc1F. The average Bonchev–Trinajstić information content (AvgIpc) is 2.54. The van der Waals surface area contributed by atoms with Crippen molar-refractivity contribution in [2.24, 2.45) is 0 Å². The minimum atomic E-state index is -1.63. The van der Waals surface area contributed by atoms with Crippen molar-refractivity contribution in [1.82, 2.24) is 4.98 Å². The molecule has 0 bridgehead atoms. The van der Waals surface area contributed by atoms with Crippen LogP contribution in [-0.2, 0) is 4.74 Å². The average molecular weight is 343 g/mol. The standard InChI is InChI=1S/C17H18FN3O2Si/c1-23-17(22)16-15(7-11(9-19)10-20-16)21-14-6-5-12(8-13(14)18)24(2,3)4/h5-8,10,21H,1-4H3. The Morgan fingerprint density at radius 3 is 2.54 bits per heavy atom. The van der Waals surface area contributed by atoms with Crippen molar-refractivity contribution in [2.75, 3.05) is 12.4 Å². The van der Waals surface area contributed by atoms with Crippen LogP contribution in [0, 0.1) is 17.1 Å². The number of halogens is 1. The largest absolute Gasteiger partial charge is 0.464 e. The van der Waals surface area contributed by atoms with Crippen molar-refractivity contribution < 1.29 is 13.9 Å². The Hall–Kier alpha value is -2.72. The Labute approximate surface area is 141 Å². The summed E-state index contributed by atoms with van der Waals surface area (Å²) in [6, 6.07) is 8.38. The number of methoxy groups -OCH3 is 1. The third kappa shape index (κ3) is 3.78. The van der Waals surface area contributed by atoms with Gasteiger partial charge in [-0.25, -0.2) is 14.2 Å². The zero-order chi connectivity index (χ0) is 17.9. The first-order valence-corrected chi connectivity index (χ1v) is 10.8. The Morgan fingerprint density at radius 2 is 2.00 bits per heavy atom. The number of nitrogens with zero attached hydrogens (tertiary/aromatic N) is 2. The Kier molecular flexibility index (Phi) is 5.00. The summed E-state index contributed by atoms with van der Waals surface area (Å²) in [6.07, 6.45) is 1.27. The third-order valence-electron chi connectivity index (χ3n) is 3.50. The molecule has 1 N–H and O–H groups in total. The molecule has 0 fully saturated rings. The zero-order valence-corrected chi connectivity index (χ0v) is 15.0. The van der Waals surface area contributed by atoms with Crippen LogP contribution in [-0.4, -0.2) is 26.1 Å². The maximum Gasteiger partial charge on any atom is 0.358 e. The van der Waals surface area contributed by atoms with Gasteiger partial charge in [-0.2, -0.15) is 5.26 Å². The molecule has 0 aliphatic rings. The molecule has 5 nitrogen and oxygen atoms in total. The van der Waals surface area contributed by atoms with Gasteiger partial charge in [-0.05, 0) is 18.2 Å². The zero-order valence-electron chi connectivity index (χ0n) is 14.0. The van der Waals surface area contributed by atoms with Crippen molar-refractivity contribution in [3.8, 4) is 6.07 Å². The molecule has 0 aliphatic carbocycles. The van der Waals surface area contributed by atoms with E-state index in [1.807, 2.05) is 12.1 Å². The molecule has 0 saturated carbocycles. The molecule has 1 aromatic heterocycles. The van der Waals surface area contributed by atoms with Crippen LogP contribution < -0.4 is 10.5 Å². The quantitative estimate of drug-likeness (QED) is 0.682. The summed E-state index contributed by atoms with van der Waals surface area (Å²) in [6.45, 7) is 6.39. The molecule has 0 amide bonds. The lowest BCUT2D eigenvalue weighted by atomic mass is 10.2. The molecule has 0 radical (unpaired) electrons. The third-order valence-corrected chi connectivity index (χ3v) is 5.54. The van der Waals surface area contributed by atoms with Gasteiger partial charge >= 0.3 is 5.97 Å².